The average Bonchev–Trinajstić information content (AvgIpc) is 2.17. The second-order valence-corrected chi connectivity index (χ2v) is 4.29. The predicted octanol–water partition coefficient (Wildman–Crippen LogP) is 2.99. The molecule has 0 aliphatic carbocycles. The van der Waals surface area contributed by atoms with Gasteiger partial charge in [-0.1, -0.05) is 6.92 Å². The van der Waals surface area contributed by atoms with Gasteiger partial charge in [-0.2, -0.15) is 0 Å². The number of halogens is 2. The van der Waals surface area contributed by atoms with Crippen LogP contribution in [0.15, 0.2) is 10.5 Å². The molecule has 3 nitrogen and oxygen atoms in total. The van der Waals surface area contributed by atoms with Crippen LogP contribution >= 0.6 is 15.9 Å². The lowest BCUT2D eigenvalue weighted by Gasteiger charge is -2.15. The van der Waals surface area contributed by atoms with Crippen molar-refractivity contribution in [2.45, 2.75) is 19.3 Å². The molecule has 0 fully saturated rings. The van der Waals surface area contributed by atoms with Gasteiger partial charge in [0.1, 0.15) is 12.1 Å². The minimum absolute atomic E-state index is 0.104. The summed E-state index contributed by atoms with van der Waals surface area (Å²) in [6.45, 7) is 1.67. The molecule has 0 amide bonds. The fourth-order valence-corrected chi connectivity index (χ4v) is 2.08. The molecule has 0 heterocycles. The smallest absolute Gasteiger partial charge is 0.175 e. The van der Waals surface area contributed by atoms with Gasteiger partial charge in [0.05, 0.1) is 11.6 Å². The van der Waals surface area contributed by atoms with Crippen LogP contribution in [0.3, 0.4) is 0 Å². The largest absolute Gasteiger partial charge is 0.504 e. The summed E-state index contributed by atoms with van der Waals surface area (Å²) < 4.78 is 18.9. The summed E-state index contributed by atoms with van der Waals surface area (Å²) in [5.41, 5.74) is 0.104. The SMILES string of the molecule is COc1c(Br)cc(F)c(C(C)CC=O)c1O. The number of ether oxygens (including phenoxy) is 1. The van der Waals surface area contributed by atoms with Crippen LogP contribution in [0.5, 0.6) is 11.5 Å². The number of phenolic OH excluding ortho intramolecular Hbond substituents is 1. The molecular formula is C11H12BrFO3. The fraction of sp³-hybridized carbons (Fsp3) is 0.364. The quantitative estimate of drug-likeness (QED) is 0.867. The van der Waals surface area contributed by atoms with Crippen LogP contribution in [0.1, 0.15) is 24.8 Å². The van der Waals surface area contributed by atoms with E-state index in [9.17, 15) is 14.3 Å². The van der Waals surface area contributed by atoms with Crippen molar-refractivity contribution in [3.05, 3.63) is 21.9 Å². The number of methoxy groups -OCH3 is 1. The minimum Gasteiger partial charge on any atom is -0.504 e. The summed E-state index contributed by atoms with van der Waals surface area (Å²) >= 11 is 3.09. The van der Waals surface area contributed by atoms with Crippen molar-refractivity contribution in [1.82, 2.24) is 0 Å². The Morgan fingerprint density at radius 3 is 2.81 bits per heavy atom. The van der Waals surface area contributed by atoms with E-state index in [0.29, 0.717) is 10.8 Å². The Balaban J connectivity index is 3.32. The molecule has 0 aliphatic rings. The highest BCUT2D eigenvalue weighted by molar-refractivity contribution is 9.10. The molecule has 1 N–H and O–H groups in total. The lowest BCUT2D eigenvalue weighted by Crippen LogP contribution is -2.01. The number of aldehydes is 1. The van der Waals surface area contributed by atoms with E-state index < -0.39 is 5.82 Å². The highest BCUT2D eigenvalue weighted by Crippen LogP contribution is 2.42. The zero-order valence-electron chi connectivity index (χ0n) is 8.96. The Labute approximate surface area is 101 Å². The Hall–Kier alpha value is -1.10. The summed E-state index contributed by atoms with van der Waals surface area (Å²) in [4.78, 5) is 10.4. The number of rotatable bonds is 4. The van der Waals surface area contributed by atoms with Crippen LogP contribution in [0.4, 0.5) is 4.39 Å². The van der Waals surface area contributed by atoms with E-state index in [2.05, 4.69) is 15.9 Å². The molecule has 1 atom stereocenters. The van der Waals surface area contributed by atoms with Crippen LogP contribution in [0.25, 0.3) is 0 Å². The maximum atomic E-state index is 13.6. The standard InChI is InChI=1S/C11H12BrFO3/c1-6(3-4-14)9-8(13)5-7(12)11(16-2)10(9)15/h4-6,15H,3H2,1-2H3. The third-order valence-electron chi connectivity index (χ3n) is 2.34. The molecule has 1 aromatic carbocycles. The molecule has 0 saturated heterocycles. The Morgan fingerprint density at radius 1 is 1.69 bits per heavy atom. The van der Waals surface area contributed by atoms with Crippen LogP contribution in [0.2, 0.25) is 0 Å². The van der Waals surface area contributed by atoms with Crippen molar-refractivity contribution in [1.29, 1.82) is 0 Å². The van der Waals surface area contributed by atoms with Crippen LogP contribution in [0, 0.1) is 5.82 Å². The fourth-order valence-electron chi connectivity index (χ4n) is 1.53. The van der Waals surface area contributed by atoms with Crippen molar-refractivity contribution in [2.75, 3.05) is 7.11 Å². The number of aromatic hydroxyl groups is 1. The van der Waals surface area contributed by atoms with Crippen molar-refractivity contribution in [3.8, 4) is 11.5 Å². The Kier molecular flexibility index (Phi) is 4.29. The number of phenols is 1. The molecule has 0 aromatic heterocycles. The number of hydrogen-bond acceptors (Lipinski definition) is 3. The van der Waals surface area contributed by atoms with Crippen molar-refractivity contribution >= 4 is 22.2 Å². The van der Waals surface area contributed by atoms with Gasteiger partial charge in [-0.25, -0.2) is 4.39 Å². The number of hydrogen-bond donors (Lipinski definition) is 1. The van der Waals surface area contributed by atoms with Gasteiger partial charge < -0.3 is 14.6 Å². The van der Waals surface area contributed by atoms with Gasteiger partial charge >= 0.3 is 0 Å². The maximum Gasteiger partial charge on any atom is 0.175 e. The molecule has 1 rings (SSSR count). The van der Waals surface area contributed by atoms with Crippen molar-refractivity contribution < 1.29 is 19.0 Å². The predicted molar refractivity (Wildman–Crippen MR) is 61.4 cm³/mol. The van der Waals surface area contributed by atoms with E-state index >= 15 is 0 Å². The van der Waals surface area contributed by atoms with Crippen LogP contribution in [-0.2, 0) is 4.79 Å². The lowest BCUT2D eigenvalue weighted by molar-refractivity contribution is -0.108. The topological polar surface area (TPSA) is 46.5 Å². The average molecular weight is 291 g/mol. The van der Waals surface area contributed by atoms with Gasteiger partial charge in [-0.15, -0.1) is 0 Å². The number of benzene rings is 1. The molecule has 1 unspecified atom stereocenters. The van der Waals surface area contributed by atoms with Crippen LogP contribution in [-0.4, -0.2) is 18.5 Å². The third-order valence-corrected chi connectivity index (χ3v) is 2.93. The van der Waals surface area contributed by atoms with Gasteiger partial charge in [0.15, 0.2) is 11.5 Å². The molecule has 0 bridgehead atoms. The highest BCUT2D eigenvalue weighted by atomic mass is 79.9. The zero-order valence-corrected chi connectivity index (χ0v) is 10.5. The second kappa shape index (κ2) is 5.30. The van der Waals surface area contributed by atoms with Crippen molar-refractivity contribution in [3.63, 3.8) is 0 Å². The third kappa shape index (κ3) is 2.35. The lowest BCUT2D eigenvalue weighted by atomic mass is 9.96. The first-order chi connectivity index (χ1) is 7.52. The highest BCUT2D eigenvalue weighted by Gasteiger charge is 2.21. The van der Waals surface area contributed by atoms with E-state index in [1.54, 1.807) is 6.92 Å². The van der Waals surface area contributed by atoms with Gasteiger partial charge in [0, 0.05) is 12.0 Å². The molecule has 0 spiro atoms. The monoisotopic (exact) mass is 290 g/mol. The summed E-state index contributed by atoms with van der Waals surface area (Å²) in [6, 6.07) is 1.22. The zero-order chi connectivity index (χ0) is 12.3. The maximum absolute atomic E-state index is 13.6. The molecule has 0 aliphatic heterocycles. The first-order valence-electron chi connectivity index (χ1n) is 4.71. The Bertz CT molecular complexity index is 407. The van der Waals surface area contributed by atoms with E-state index in [1.165, 1.54) is 13.2 Å². The van der Waals surface area contributed by atoms with Gasteiger partial charge in [-0.3, -0.25) is 0 Å². The molecule has 0 saturated carbocycles. The van der Waals surface area contributed by atoms with Gasteiger partial charge in [-0.05, 0) is 27.9 Å². The van der Waals surface area contributed by atoms with Crippen LogP contribution < -0.4 is 4.74 Å². The first kappa shape index (κ1) is 13.0. The van der Waals surface area contributed by atoms with E-state index in [-0.39, 0.29) is 29.4 Å². The molecule has 0 radical (unpaired) electrons. The summed E-state index contributed by atoms with van der Waals surface area (Å²) in [7, 11) is 1.38. The van der Waals surface area contributed by atoms with E-state index in [4.69, 9.17) is 4.74 Å². The summed E-state index contributed by atoms with van der Waals surface area (Å²) in [5.74, 6) is -1.03. The number of carbonyl (C=O) groups excluding carboxylic acids is 1. The van der Waals surface area contributed by atoms with Gasteiger partial charge in [0.25, 0.3) is 0 Å². The minimum atomic E-state index is -0.556. The molecule has 5 heteroatoms. The first-order valence-corrected chi connectivity index (χ1v) is 5.50. The molecule has 1 aromatic rings. The summed E-state index contributed by atoms with van der Waals surface area (Å²) in [5, 5.41) is 9.84. The Morgan fingerprint density at radius 2 is 2.31 bits per heavy atom. The molecular weight excluding hydrogens is 279 g/mol. The molecule has 88 valence electrons. The second-order valence-electron chi connectivity index (χ2n) is 3.44. The van der Waals surface area contributed by atoms with Crippen molar-refractivity contribution in [2.24, 2.45) is 0 Å². The number of carbonyl (C=O) groups is 1. The normalized spacial score (nSPS) is 12.2. The van der Waals surface area contributed by atoms with E-state index in [1.807, 2.05) is 0 Å². The van der Waals surface area contributed by atoms with E-state index in [0.717, 1.165) is 0 Å². The molecule has 16 heavy (non-hydrogen) atoms. The van der Waals surface area contributed by atoms with Gasteiger partial charge in [0.2, 0.25) is 0 Å². The summed E-state index contributed by atoms with van der Waals surface area (Å²) in [6.07, 6.45) is 0.841.